The Kier molecular flexibility index (Phi) is 7.93. The summed E-state index contributed by atoms with van der Waals surface area (Å²) >= 11 is 0. The van der Waals surface area contributed by atoms with Gasteiger partial charge >= 0.3 is 0 Å². The Labute approximate surface area is 452 Å². The van der Waals surface area contributed by atoms with E-state index in [4.69, 9.17) is 13.3 Å². The molecule has 0 N–H and O–H groups in total. The number of hydrogen-bond donors (Lipinski definition) is 0. The molecule has 19 rings (SSSR count). The van der Waals surface area contributed by atoms with Crippen molar-refractivity contribution in [1.29, 1.82) is 0 Å². The van der Waals surface area contributed by atoms with E-state index in [-0.39, 0.29) is 0 Å². The van der Waals surface area contributed by atoms with Crippen LogP contribution in [0.1, 0.15) is 6.92 Å². The lowest BCUT2D eigenvalue weighted by Crippen LogP contribution is -2.75. The van der Waals surface area contributed by atoms with Crippen LogP contribution in [0.25, 0.3) is 109 Å². The third kappa shape index (κ3) is 5.39. The van der Waals surface area contributed by atoms with Crippen LogP contribution in [0, 0.1) is 0 Å². The SMILES string of the molecule is CC[Si]12c3c4cccc3N(c3ccc5oc6cc7ccccc7cc6c5c3)c3cc5ccccc5c(c31)N(c1ccc3oc5cc6ccccc6cc5c3c1)c1cccc(c12)N4c1ccc2oc3cc4ccccc4cc3c2c1. The third-order valence-electron chi connectivity index (χ3n) is 18.0. The van der Waals surface area contributed by atoms with Gasteiger partial charge in [0.1, 0.15) is 33.5 Å². The zero-order valence-electron chi connectivity index (χ0n) is 42.7. The van der Waals surface area contributed by atoms with Gasteiger partial charge in [-0.05, 0) is 181 Å². The molecule has 0 fully saturated rings. The first-order chi connectivity index (χ1) is 39.1. The highest BCUT2D eigenvalue weighted by Crippen LogP contribution is 2.56. The van der Waals surface area contributed by atoms with Gasteiger partial charge in [0.25, 0.3) is 0 Å². The summed E-state index contributed by atoms with van der Waals surface area (Å²) in [6.07, 6.45) is 0. The van der Waals surface area contributed by atoms with Crippen molar-refractivity contribution in [2.24, 2.45) is 0 Å². The van der Waals surface area contributed by atoms with Gasteiger partial charge in [0.15, 0.2) is 8.07 Å². The molecule has 1 atom stereocenters. The zero-order valence-corrected chi connectivity index (χ0v) is 43.7. The predicted octanol–water partition coefficient (Wildman–Crippen LogP) is 18.8. The number of nitrogens with zero attached hydrogens (tertiary/aromatic N) is 3. The maximum atomic E-state index is 6.71. The van der Waals surface area contributed by atoms with E-state index >= 15 is 0 Å². The summed E-state index contributed by atoms with van der Waals surface area (Å²) in [5.74, 6) is 0. The molecule has 13 aromatic carbocycles. The molecule has 1 unspecified atom stereocenters. The maximum Gasteiger partial charge on any atom is 0.164 e. The first-order valence-corrected chi connectivity index (χ1v) is 29.6. The molecule has 0 spiro atoms. The fourth-order valence-corrected chi connectivity index (χ4v) is 20.3. The molecule has 3 aliphatic heterocycles. The summed E-state index contributed by atoms with van der Waals surface area (Å²) in [7, 11) is -2.99. The van der Waals surface area contributed by atoms with Crippen molar-refractivity contribution < 1.29 is 13.3 Å². The lowest BCUT2D eigenvalue weighted by Gasteiger charge is -2.55. The van der Waals surface area contributed by atoms with Crippen molar-refractivity contribution in [2.45, 2.75) is 13.0 Å². The van der Waals surface area contributed by atoms with Gasteiger partial charge in [-0.1, -0.05) is 116 Å². The van der Waals surface area contributed by atoms with Crippen molar-refractivity contribution >= 4 is 184 Å². The molecule has 0 saturated heterocycles. The highest BCUT2D eigenvalue weighted by atomic mass is 28.3. The molecule has 368 valence electrons. The Morgan fingerprint density at radius 1 is 0.278 bits per heavy atom. The molecule has 3 aliphatic rings. The average Bonchev–Trinajstić information content (AvgIpc) is 2.47. The molecule has 0 amide bonds. The van der Waals surface area contributed by atoms with Gasteiger partial charge in [0, 0.05) is 83.2 Å². The number of furan rings is 3. The molecule has 0 bridgehead atoms. The van der Waals surface area contributed by atoms with Crippen LogP contribution in [-0.4, -0.2) is 8.07 Å². The van der Waals surface area contributed by atoms with E-state index in [9.17, 15) is 0 Å². The summed E-state index contributed by atoms with van der Waals surface area (Å²) in [5.41, 5.74) is 15.9. The first-order valence-electron chi connectivity index (χ1n) is 27.4. The van der Waals surface area contributed by atoms with E-state index in [0.29, 0.717) is 0 Å². The van der Waals surface area contributed by atoms with Crippen molar-refractivity contribution in [1.82, 2.24) is 0 Å². The van der Waals surface area contributed by atoms with Crippen LogP contribution in [0.2, 0.25) is 6.04 Å². The summed E-state index contributed by atoms with van der Waals surface area (Å²) in [6.45, 7) is 2.47. The quantitative estimate of drug-likeness (QED) is 0.164. The Morgan fingerprint density at radius 3 is 1.06 bits per heavy atom. The summed E-state index contributed by atoms with van der Waals surface area (Å²) in [4.78, 5) is 7.78. The van der Waals surface area contributed by atoms with Crippen molar-refractivity contribution in [3.05, 3.63) is 231 Å². The fraction of sp³-hybridized carbons (Fsp3) is 0.0278. The van der Waals surface area contributed by atoms with Crippen LogP contribution in [0.5, 0.6) is 0 Å². The van der Waals surface area contributed by atoms with Gasteiger partial charge in [0.05, 0.1) is 5.69 Å². The van der Waals surface area contributed by atoms with Gasteiger partial charge in [-0.2, -0.15) is 0 Å². The lowest BCUT2D eigenvalue weighted by atomic mass is 10.0. The highest BCUT2D eigenvalue weighted by Gasteiger charge is 2.58. The number of hydrogen-bond acceptors (Lipinski definition) is 6. The second kappa shape index (κ2) is 14.9. The van der Waals surface area contributed by atoms with Crippen LogP contribution in [-0.2, 0) is 0 Å². The largest absolute Gasteiger partial charge is 0.456 e. The van der Waals surface area contributed by atoms with Gasteiger partial charge in [-0.25, -0.2) is 0 Å². The molecule has 6 nitrogen and oxygen atoms in total. The van der Waals surface area contributed by atoms with E-state index in [1.54, 1.807) is 0 Å². The van der Waals surface area contributed by atoms with Crippen LogP contribution in [0.3, 0.4) is 0 Å². The minimum atomic E-state index is -2.99. The fourth-order valence-electron chi connectivity index (χ4n) is 14.7. The highest BCUT2D eigenvalue weighted by molar-refractivity contribution is 7.17. The monoisotopic (exact) mass is 1030 g/mol. The van der Waals surface area contributed by atoms with E-state index in [1.165, 1.54) is 92.8 Å². The molecule has 6 heterocycles. The van der Waals surface area contributed by atoms with Gasteiger partial charge in [0.2, 0.25) is 0 Å². The Balaban J connectivity index is 0.935. The zero-order chi connectivity index (χ0) is 51.4. The van der Waals surface area contributed by atoms with Gasteiger partial charge in [-0.3, -0.25) is 0 Å². The Morgan fingerprint density at radius 2 is 0.633 bits per heavy atom. The summed E-state index contributed by atoms with van der Waals surface area (Å²) < 4.78 is 20.1. The Bertz CT molecular complexity index is 5420. The predicted molar refractivity (Wildman–Crippen MR) is 331 cm³/mol. The minimum Gasteiger partial charge on any atom is -0.456 e. The van der Waals surface area contributed by atoms with Crippen LogP contribution >= 0.6 is 0 Å². The lowest BCUT2D eigenvalue weighted by molar-refractivity contribution is 0.669. The molecule has 79 heavy (non-hydrogen) atoms. The molecule has 3 aromatic heterocycles. The van der Waals surface area contributed by atoms with Crippen molar-refractivity contribution in [3.8, 4) is 0 Å². The van der Waals surface area contributed by atoms with E-state index in [2.05, 4.69) is 252 Å². The Hall–Kier alpha value is -10.1. The van der Waals surface area contributed by atoms with E-state index in [0.717, 1.165) is 88.9 Å². The number of fused-ring (bicyclic) bond motifs is 14. The topological polar surface area (TPSA) is 49.1 Å². The number of rotatable bonds is 4. The molecule has 0 aliphatic carbocycles. The van der Waals surface area contributed by atoms with Crippen LogP contribution < -0.4 is 30.3 Å². The normalized spacial score (nSPS) is 15.4. The number of benzene rings is 13. The second-order valence-electron chi connectivity index (χ2n) is 21.9. The number of anilines is 9. The standard InChI is InChI=1S/C72H43N3O3Si/c1-2-79-70-58-21-11-23-60(70)74(49-26-29-64-56(39-49)53-32-42-14-4-7-17-45(42)36-67(53)77-64)62-34-47-19-9-10-20-51(47)69(72(62)79)75(50-27-30-65-57(40-50)54-33-43-15-5-8-18-46(43)37-68(54)78-65)61-24-12-22-59(71(61)79)73(58)48-25-28-63-55(38-48)52-31-41-13-3-6-16-44(41)35-66(52)76-63/h3-40H,2H2,1H3. The molecular formula is C72H43N3O3Si. The molecule has 7 heteroatoms. The molecular weight excluding hydrogens is 983 g/mol. The molecule has 0 radical (unpaired) electrons. The minimum absolute atomic E-state index is 0.875. The molecule has 16 aromatic rings. The van der Waals surface area contributed by atoms with Crippen molar-refractivity contribution in [2.75, 3.05) is 14.7 Å². The summed E-state index contributed by atoms with van der Waals surface area (Å²) in [5, 5.41) is 20.4. The van der Waals surface area contributed by atoms with Crippen LogP contribution in [0.15, 0.2) is 244 Å². The average molecular weight is 1030 g/mol. The van der Waals surface area contributed by atoms with Gasteiger partial charge in [-0.15, -0.1) is 0 Å². The first kappa shape index (κ1) is 42.1. The second-order valence-corrected chi connectivity index (χ2v) is 25.9. The van der Waals surface area contributed by atoms with E-state index in [1.807, 2.05) is 0 Å². The maximum absolute atomic E-state index is 6.71. The van der Waals surface area contributed by atoms with Crippen molar-refractivity contribution in [3.63, 3.8) is 0 Å². The van der Waals surface area contributed by atoms with Gasteiger partial charge < -0.3 is 28.0 Å². The van der Waals surface area contributed by atoms with E-state index < -0.39 is 8.07 Å². The van der Waals surface area contributed by atoms with Crippen LogP contribution in [0.4, 0.5) is 51.2 Å². The smallest absolute Gasteiger partial charge is 0.164 e. The molecule has 0 saturated carbocycles. The third-order valence-corrected chi connectivity index (χ3v) is 23.2. The summed E-state index contributed by atoms with van der Waals surface area (Å²) in [6, 6.07) is 86.3.